The average Bonchev–Trinajstić information content (AvgIpc) is 3.06. The molecule has 0 bridgehead atoms. The maximum atomic E-state index is 12.5. The smallest absolute Gasteiger partial charge is 0.422 e. The van der Waals surface area contributed by atoms with Gasteiger partial charge in [-0.3, -0.25) is 4.79 Å². The van der Waals surface area contributed by atoms with Crippen molar-refractivity contribution in [1.82, 2.24) is 14.5 Å². The van der Waals surface area contributed by atoms with Crippen LogP contribution in [0.5, 0.6) is 5.88 Å². The lowest BCUT2D eigenvalue weighted by Gasteiger charge is -2.12. The third-order valence-electron chi connectivity index (χ3n) is 4.26. The van der Waals surface area contributed by atoms with Crippen molar-refractivity contribution in [1.29, 1.82) is 0 Å². The summed E-state index contributed by atoms with van der Waals surface area (Å²) in [5, 5.41) is 3.53. The lowest BCUT2D eigenvalue weighted by molar-refractivity contribution is -0.154. The third kappa shape index (κ3) is 5.64. The van der Waals surface area contributed by atoms with Crippen LogP contribution in [0, 0.1) is 0 Å². The second-order valence-corrected chi connectivity index (χ2v) is 7.36. The molecule has 2 aromatic heterocycles. The summed E-state index contributed by atoms with van der Waals surface area (Å²) in [6.45, 7) is 0.229. The van der Waals surface area contributed by atoms with Gasteiger partial charge in [-0.2, -0.15) is 13.2 Å². The number of carbonyl (C=O) groups is 1. The predicted molar refractivity (Wildman–Crippen MR) is 109 cm³/mol. The standard InChI is InChI=1S/C20H20ClF3N4O2/c1-27(2)7-8-28-6-5-13-9-15(3-4-17(13)28)26-18(29)14-10-16(21)19(25-11-14)30-12-20(22,23)24/h3-6,9-11H,7-8,12H2,1-2H3,(H,26,29). The van der Waals surface area contributed by atoms with E-state index in [2.05, 4.69) is 24.5 Å². The number of ether oxygens (including phenoxy) is 1. The molecule has 0 fully saturated rings. The molecule has 0 saturated heterocycles. The Bertz CT molecular complexity index is 1050. The molecule has 0 saturated carbocycles. The molecule has 2 heterocycles. The van der Waals surface area contributed by atoms with Crippen LogP contribution in [-0.2, 0) is 6.54 Å². The number of nitrogens with zero attached hydrogens (tertiary/aromatic N) is 3. The first-order valence-corrected chi connectivity index (χ1v) is 9.40. The molecule has 1 aromatic carbocycles. The summed E-state index contributed by atoms with van der Waals surface area (Å²) < 4.78 is 43.4. The number of hydrogen-bond donors (Lipinski definition) is 1. The number of nitrogens with one attached hydrogen (secondary N) is 1. The van der Waals surface area contributed by atoms with E-state index in [0.29, 0.717) is 5.69 Å². The van der Waals surface area contributed by atoms with Crippen LogP contribution in [0.2, 0.25) is 5.02 Å². The molecule has 0 unspecified atom stereocenters. The number of likely N-dealkylation sites (N-methyl/N-ethyl adjacent to an activating group) is 1. The van der Waals surface area contributed by atoms with Crippen molar-refractivity contribution in [3.05, 3.63) is 53.3 Å². The summed E-state index contributed by atoms with van der Waals surface area (Å²) in [5.74, 6) is -0.871. The second-order valence-electron chi connectivity index (χ2n) is 6.95. The number of halogens is 4. The molecule has 30 heavy (non-hydrogen) atoms. The minimum Gasteiger partial charge on any atom is -0.467 e. The van der Waals surface area contributed by atoms with E-state index in [-0.39, 0.29) is 16.5 Å². The molecule has 0 atom stereocenters. The van der Waals surface area contributed by atoms with Crippen LogP contribution < -0.4 is 10.1 Å². The lowest BCUT2D eigenvalue weighted by Crippen LogP contribution is -2.20. The van der Waals surface area contributed by atoms with Gasteiger partial charge in [0.2, 0.25) is 5.88 Å². The third-order valence-corrected chi connectivity index (χ3v) is 4.53. The molecule has 160 valence electrons. The van der Waals surface area contributed by atoms with Crippen LogP contribution in [0.4, 0.5) is 18.9 Å². The van der Waals surface area contributed by atoms with Gasteiger partial charge in [0.15, 0.2) is 6.61 Å². The number of rotatable bonds is 7. The molecular weight excluding hydrogens is 421 g/mol. The quantitative estimate of drug-likeness (QED) is 0.590. The summed E-state index contributed by atoms with van der Waals surface area (Å²) in [4.78, 5) is 18.3. The highest BCUT2D eigenvalue weighted by atomic mass is 35.5. The minimum absolute atomic E-state index is 0.100. The number of carbonyl (C=O) groups excluding carboxylic acids is 1. The lowest BCUT2D eigenvalue weighted by atomic mass is 10.2. The predicted octanol–water partition coefficient (Wildman–Crippen LogP) is 4.44. The maximum absolute atomic E-state index is 12.5. The zero-order valence-corrected chi connectivity index (χ0v) is 17.1. The number of aromatic nitrogens is 2. The van der Waals surface area contributed by atoms with Crippen LogP contribution >= 0.6 is 11.6 Å². The summed E-state index contributed by atoms with van der Waals surface area (Å²) in [7, 11) is 4.02. The molecule has 3 aromatic rings. The Kier molecular flexibility index (Phi) is 6.52. The molecule has 10 heteroatoms. The molecular formula is C20H20ClF3N4O2. The zero-order chi connectivity index (χ0) is 21.9. The topological polar surface area (TPSA) is 59.4 Å². The number of anilines is 1. The van der Waals surface area contributed by atoms with Crippen LogP contribution in [0.1, 0.15) is 10.4 Å². The molecule has 0 spiro atoms. The van der Waals surface area contributed by atoms with Crippen molar-refractivity contribution < 1.29 is 22.7 Å². The van der Waals surface area contributed by atoms with Crippen LogP contribution in [-0.4, -0.2) is 53.8 Å². The van der Waals surface area contributed by atoms with Gasteiger partial charge >= 0.3 is 6.18 Å². The SMILES string of the molecule is CN(C)CCn1ccc2cc(NC(=O)c3cnc(OCC(F)(F)F)c(Cl)c3)ccc21. The monoisotopic (exact) mass is 440 g/mol. The number of fused-ring (bicyclic) bond motifs is 1. The van der Waals surface area contributed by atoms with Crippen molar-refractivity contribution in [3.63, 3.8) is 0 Å². The fourth-order valence-corrected chi connectivity index (χ4v) is 3.01. The Balaban J connectivity index is 1.69. The molecule has 3 rings (SSSR count). The molecule has 0 aliphatic rings. The van der Waals surface area contributed by atoms with Gasteiger partial charge in [0, 0.05) is 42.1 Å². The van der Waals surface area contributed by atoms with E-state index in [1.54, 1.807) is 6.07 Å². The zero-order valence-electron chi connectivity index (χ0n) is 16.3. The van der Waals surface area contributed by atoms with Crippen molar-refractivity contribution in [2.24, 2.45) is 0 Å². The van der Waals surface area contributed by atoms with E-state index in [4.69, 9.17) is 11.6 Å². The van der Waals surface area contributed by atoms with Gasteiger partial charge in [0.25, 0.3) is 5.91 Å². The van der Waals surface area contributed by atoms with Crippen LogP contribution in [0.3, 0.4) is 0 Å². The van der Waals surface area contributed by atoms with Crippen molar-refractivity contribution in [3.8, 4) is 5.88 Å². The van der Waals surface area contributed by atoms with E-state index in [1.165, 1.54) is 6.07 Å². The largest absolute Gasteiger partial charge is 0.467 e. The van der Waals surface area contributed by atoms with Gasteiger partial charge in [-0.05, 0) is 44.4 Å². The summed E-state index contributed by atoms with van der Waals surface area (Å²) in [6, 6.07) is 8.72. The van der Waals surface area contributed by atoms with E-state index >= 15 is 0 Å². The number of pyridine rings is 1. The highest BCUT2D eigenvalue weighted by Crippen LogP contribution is 2.26. The summed E-state index contributed by atoms with van der Waals surface area (Å²) >= 11 is 5.90. The van der Waals surface area contributed by atoms with E-state index in [0.717, 1.165) is 30.2 Å². The first-order chi connectivity index (χ1) is 14.1. The number of alkyl halides is 3. The fourth-order valence-electron chi connectivity index (χ4n) is 2.79. The Morgan fingerprint density at radius 1 is 1.27 bits per heavy atom. The van der Waals surface area contributed by atoms with Gasteiger partial charge in [-0.15, -0.1) is 0 Å². The minimum atomic E-state index is -4.51. The Hall–Kier alpha value is -2.78. The fraction of sp³-hybridized carbons (Fsp3) is 0.300. The summed E-state index contributed by atoms with van der Waals surface area (Å²) in [5.41, 5.74) is 1.72. The van der Waals surface area contributed by atoms with Gasteiger partial charge in [-0.25, -0.2) is 4.98 Å². The second kappa shape index (κ2) is 8.93. The molecule has 1 N–H and O–H groups in total. The van der Waals surface area contributed by atoms with Gasteiger partial charge in [0.1, 0.15) is 5.02 Å². The maximum Gasteiger partial charge on any atom is 0.422 e. The normalized spacial score (nSPS) is 11.8. The first kappa shape index (κ1) is 21.9. The molecule has 6 nitrogen and oxygen atoms in total. The Labute approximate surface area is 176 Å². The van der Waals surface area contributed by atoms with E-state index in [9.17, 15) is 18.0 Å². The van der Waals surface area contributed by atoms with Crippen molar-refractivity contribution in [2.75, 3.05) is 32.6 Å². The Morgan fingerprint density at radius 3 is 2.70 bits per heavy atom. The highest BCUT2D eigenvalue weighted by Gasteiger charge is 2.29. The van der Waals surface area contributed by atoms with Gasteiger partial charge in [-0.1, -0.05) is 11.6 Å². The molecule has 1 amide bonds. The molecule has 0 radical (unpaired) electrons. The molecule has 0 aliphatic heterocycles. The van der Waals surface area contributed by atoms with E-state index < -0.39 is 18.7 Å². The van der Waals surface area contributed by atoms with Crippen LogP contribution in [0.15, 0.2) is 42.7 Å². The van der Waals surface area contributed by atoms with Crippen LogP contribution in [0.25, 0.3) is 10.9 Å². The average molecular weight is 441 g/mol. The number of hydrogen-bond acceptors (Lipinski definition) is 4. The van der Waals surface area contributed by atoms with Crippen molar-refractivity contribution >= 4 is 34.1 Å². The van der Waals surface area contributed by atoms with Crippen molar-refractivity contribution in [2.45, 2.75) is 12.7 Å². The number of amides is 1. The first-order valence-electron chi connectivity index (χ1n) is 9.02. The van der Waals surface area contributed by atoms with E-state index in [1.807, 2.05) is 38.5 Å². The van der Waals surface area contributed by atoms with Gasteiger partial charge < -0.3 is 19.5 Å². The number of benzene rings is 1. The van der Waals surface area contributed by atoms with Gasteiger partial charge in [0.05, 0.1) is 5.56 Å². The Morgan fingerprint density at radius 2 is 2.03 bits per heavy atom. The molecule has 0 aliphatic carbocycles. The summed E-state index contributed by atoms with van der Waals surface area (Å²) in [6.07, 6.45) is -1.41. The highest BCUT2D eigenvalue weighted by molar-refractivity contribution is 6.32.